The molecule has 0 N–H and O–H groups in total. The highest BCUT2D eigenvalue weighted by atomic mass is 16.5. The van der Waals surface area contributed by atoms with Gasteiger partial charge in [-0.05, 0) is 47.9 Å². The molecule has 0 radical (unpaired) electrons. The van der Waals surface area contributed by atoms with E-state index in [-0.39, 0.29) is 5.91 Å². The Bertz CT molecular complexity index is 1000. The lowest BCUT2D eigenvalue weighted by atomic mass is 10.2. The number of methoxy groups -OCH3 is 1. The van der Waals surface area contributed by atoms with Gasteiger partial charge in [-0.2, -0.15) is 0 Å². The average molecular weight is 431 g/mol. The zero-order chi connectivity index (χ0) is 22.2. The van der Waals surface area contributed by atoms with Gasteiger partial charge in [0.1, 0.15) is 18.1 Å². The second kappa shape index (κ2) is 10.8. The number of hydrogen-bond acceptors (Lipinski definition) is 4. The van der Waals surface area contributed by atoms with Gasteiger partial charge in [0.15, 0.2) is 0 Å². The first-order valence-corrected chi connectivity index (χ1v) is 11.1. The number of carbonyl (C=O) groups is 1. The summed E-state index contributed by atoms with van der Waals surface area (Å²) in [4.78, 5) is 17.5. The van der Waals surface area contributed by atoms with Crippen LogP contribution in [-0.4, -0.2) is 49.0 Å². The van der Waals surface area contributed by atoms with Crippen LogP contribution in [0.1, 0.15) is 27.9 Å². The van der Waals surface area contributed by atoms with Crippen LogP contribution in [-0.2, 0) is 13.2 Å². The Balaban J connectivity index is 1.33. The average Bonchev–Trinajstić information content (AvgIpc) is 3.09. The third-order valence-electron chi connectivity index (χ3n) is 5.77. The molecule has 3 aromatic rings. The van der Waals surface area contributed by atoms with E-state index in [2.05, 4.69) is 17.0 Å². The number of benzene rings is 3. The largest absolute Gasteiger partial charge is 0.497 e. The molecule has 1 aliphatic rings. The third kappa shape index (κ3) is 5.89. The molecule has 1 amide bonds. The first kappa shape index (κ1) is 21.9. The number of carbonyl (C=O) groups excluding carboxylic acids is 1. The zero-order valence-corrected chi connectivity index (χ0v) is 18.6. The fourth-order valence-electron chi connectivity index (χ4n) is 3.96. The molecule has 0 aromatic heterocycles. The molecule has 1 fully saturated rings. The van der Waals surface area contributed by atoms with Crippen LogP contribution < -0.4 is 9.47 Å². The van der Waals surface area contributed by atoms with Crippen LogP contribution in [0.15, 0.2) is 78.9 Å². The first-order valence-electron chi connectivity index (χ1n) is 11.1. The predicted molar refractivity (Wildman–Crippen MR) is 126 cm³/mol. The van der Waals surface area contributed by atoms with Gasteiger partial charge in [-0.3, -0.25) is 9.69 Å². The maximum atomic E-state index is 13.2. The van der Waals surface area contributed by atoms with E-state index in [0.717, 1.165) is 56.2 Å². The molecule has 5 heteroatoms. The highest BCUT2D eigenvalue weighted by molar-refractivity contribution is 5.94. The minimum absolute atomic E-state index is 0.0708. The molecule has 1 heterocycles. The number of amides is 1. The molecule has 1 saturated heterocycles. The van der Waals surface area contributed by atoms with Gasteiger partial charge < -0.3 is 14.4 Å². The fourth-order valence-corrected chi connectivity index (χ4v) is 3.96. The van der Waals surface area contributed by atoms with Crippen LogP contribution in [0.3, 0.4) is 0 Å². The normalized spacial score (nSPS) is 14.6. The van der Waals surface area contributed by atoms with Gasteiger partial charge in [0, 0.05) is 38.3 Å². The lowest BCUT2D eigenvalue weighted by Crippen LogP contribution is -2.35. The summed E-state index contributed by atoms with van der Waals surface area (Å²) in [6, 6.07) is 25.8. The van der Waals surface area contributed by atoms with Gasteiger partial charge in [-0.25, -0.2) is 0 Å². The number of nitrogens with zero attached hydrogens (tertiary/aromatic N) is 2. The van der Waals surface area contributed by atoms with Crippen LogP contribution in [0, 0.1) is 0 Å². The number of ether oxygens (including phenoxy) is 2. The van der Waals surface area contributed by atoms with E-state index in [4.69, 9.17) is 9.47 Å². The molecule has 0 unspecified atom stereocenters. The highest BCUT2D eigenvalue weighted by Crippen LogP contribution is 2.19. The quantitative estimate of drug-likeness (QED) is 0.548. The van der Waals surface area contributed by atoms with Crippen molar-refractivity contribution in [2.75, 3.05) is 33.3 Å². The summed E-state index contributed by atoms with van der Waals surface area (Å²) in [6.45, 7) is 4.71. The van der Waals surface area contributed by atoms with Crippen molar-refractivity contribution in [1.29, 1.82) is 0 Å². The van der Waals surface area contributed by atoms with Crippen molar-refractivity contribution in [3.63, 3.8) is 0 Å². The molecule has 0 aliphatic carbocycles. The summed E-state index contributed by atoms with van der Waals surface area (Å²) in [5, 5.41) is 0. The predicted octanol–water partition coefficient (Wildman–Crippen LogP) is 4.62. The molecule has 0 bridgehead atoms. The maximum Gasteiger partial charge on any atom is 0.254 e. The molecular formula is C27H30N2O3. The van der Waals surface area contributed by atoms with E-state index >= 15 is 0 Å². The van der Waals surface area contributed by atoms with Crippen molar-refractivity contribution in [3.8, 4) is 11.5 Å². The summed E-state index contributed by atoms with van der Waals surface area (Å²) in [5.41, 5.74) is 3.04. The summed E-state index contributed by atoms with van der Waals surface area (Å²) in [5.74, 6) is 1.66. The zero-order valence-electron chi connectivity index (χ0n) is 18.6. The van der Waals surface area contributed by atoms with Crippen molar-refractivity contribution in [2.24, 2.45) is 0 Å². The molecule has 5 nitrogen and oxygen atoms in total. The van der Waals surface area contributed by atoms with E-state index < -0.39 is 0 Å². The first-order chi connectivity index (χ1) is 15.7. The summed E-state index contributed by atoms with van der Waals surface area (Å²) in [6.07, 6.45) is 0.964. The van der Waals surface area contributed by atoms with E-state index in [0.29, 0.717) is 12.2 Å². The number of rotatable bonds is 7. The molecule has 1 aliphatic heterocycles. The Morgan fingerprint density at radius 3 is 2.41 bits per heavy atom. The Hall–Kier alpha value is -3.31. The second-order valence-corrected chi connectivity index (χ2v) is 8.07. The van der Waals surface area contributed by atoms with E-state index in [9.17, 15) is 4.79 Å². The standard InChI is InChI=1S/C27H30N2O3/c1-31-25-13-11-22(12-14-25)20-28-15-6-16-29(18-17-28)27(30)24-9-5-10-26(19-24)32-21-23-7-3-2-4-8-23/h2-5,7-14,19H,6,15-18,20-21H2,1H3. The fraction of sp³-hybridized carbons (Fsp3) is 0.296. The van der Waals surface area contributed by atoms with Gasteiger partial charge in [0.25, 0.3) is 5.91 Å². The van der Waals surface area contributed by atoms with Gasteiger partial charge in [-0.15, -0.1) is 0 Å². The topological polar surface area (TPSA) is 42.0 Å². The lowest BCUT2D eigenvalue weighted by molar-refractivity contribution is 0.0760. The van der Waals surface area contributed by atoms with Crippen LogP contribution in [0.25, 0.3) is 0 Å². The minimum Gasteiger partial charge on any atom is -0.497 e. The molecule has 0 spiro atoms. The SMILES string of the molecule is COc1ccc(CN2CCCN(C(=O)c3cccc(OCc4ccccc4)c3)CC2)cc1. The molecule has 166 valence electrons. The molecule has 0 saturated carbocycles. The van der Waals surface area contributed by atoms with Crippen molar-refractivity contribution in [1.82, 2.24) is 9.80 Å². The van der Waals surface area contributed by atoms with Crippen LogP contribution in [0.4, 0.5) is 0 Å². The monoisotopic (exact) mass is 430 g/mol. The lowest BCUT2D eigenvalue weighted by Gasteiger charge is -2.22. The third-order valence-corrected chi connectivity index (χ3v) is 5.77. The summed E-state index contributed by atoms with van der Waals surface area (Å²) < 4.78 is 11.1. The van der Waals surface area contributed by atoms with Gasteiger partial charge in [0.2, 0.25) is 0 Å². The van der Waals surface area contributed by atoms with Crippen LogP contribution in [0.5, 0.6) is 11.5 Å². The van der Waals surface area contributed by atoms with Crippen molar-refractivity contribution >= 4 is 5.91 Å². The van der Waals surface area contributed by atoms with Crippen LogP contribution in [0.2, 0.25) is 0 Å². The molecule has 32 heavy (non-hydrogen) atoms. The van der Waals surface area contributed by atoms with E-state index in [1.165, 1.54) is 5.56 Å². The van der Waals surface area contributed by atoms with Crippen molar-refractivity contribution in [2.45, 2.75) is 19.6 Å². The smallest absolute Gasteiger partial charge is 0.254 e. The minimum atomic E-state index is 0.0708. The van der Waals surface area contributed by atoms with Crippen molar-refractivity contribution < 1.29 is 14.3 Å². The van der Waals surface area contributed by atoms with Gasteiger partial charge in [-0.1, -0.05) is 48.5 Å². The molecule has 3 aromatic carbocycles. The van der Waals surface area contributed by atoms with Gasteiger partial charge in [0.05, 0.1) is 7.11 Å². The van der Waals surface area contributed by atoms with E-state index in [1.807, 2.05) is 71.6 Å². The Morgan fingerprint density at radius 1 is 0.812 bits per heavy atom. The van der Waals surface area contributed by atoms with E-state index in [1.54, 1.807) is 7.11 Å². The molecule has 4 rings (SSSR count). The van der Waals surface area contributed by atoms with Crippen LogP contribution >= 0.6 is 0 Å². The number of hydrogen-bond donors (Lipinski definition) is 0. The Kier molecular flexibility index (Phi) is 7.41. The van der Waals surface area contributed by atoms with Crippen molar-refractivity contribution in [3.05, 3.63) is 95.6 Å². The van der Waals surface area contributed by atoms with Gasteiger partial charge >= 0.3 is 0 Å². The molecular weight excluding hydrogens is 400 g/mol. The Labute approximate surface area is 190 Å². The summed E-state index contributed by atoms with van der Waals surface area (Å²) >= 11 is 0. The second-order valence-electron chi connectivity index (χ2n) is 8.07. The Morgan fingerprint density at radius 2 is 1.62 bits per heavy atom. The molecule has 0 atom stereocenters. The maximum absolute atomic E-state index is 13.2. The summed E-state index contributed by atoms with van der Waals surface area (Å²) in [7, 11) is 1.68. The highest BCUT2D eigenvalue weighted by Gasteiger charge is 2.20.